The highest BCUT2D eigenvalue weighted by Gasteiger charge is 2.89. The molecule has 4 heteroatoms. The number of esters is 1. The van der Waals surface area contributed by atoms with E-state index in [-0.39, 0.29) is 28.3 Å². The van der Waals surface area contributed by atoms with E-state index in [1.807, 2.05) is 0 Å². The van der Waals surface area contributed by atoms with Gasteiger partial charge in [0, 0.05) is 17.5 Å². The fourth-order valence-electron chi connectivity index (χ4n) is 9.19. The molecule has 2 saturated heterocycles. The number of hydrogen-bond acceptors (Lipinski definition) is 3. The van der Waals surface area contributed by atoms with Gasteiger partial charge in [-0.15, -0.1) is 0 Å². The minimum Gasteiger partial charge on any atom is -0.469 e. The van der Waals surface area contributed by atoms with Crippen LogP contribution < -0.4 is 5.32 Å². The Hall–Kier alpha value is -1.55. The summed E-state index contributed by atoms with van der Waals surface area (Å²) in [6, 6.07) is 9.52. The number of benzene rings is 1. The van der Waals surface area contributed by atoms with Crippen LogP contribution in [0.2, 0.25) is 0 Å². The standard InChI is InChI=1S/C22H29N2O2/c1-14-20-9-6-11-24(2)12-10-21(19(20)24)15-7-4-5-8-17(15)23-22(14,21)16(13-20)18(25)26-3/h4-5,7-8,14,16,19,23H,6,9-13H2,1-3H3/q+1/t14-,16+,19+,20-,21+,22+,24-/m1/s1. The van der Waals surface area contributed by atoms with E-state index in [4.69, 9.17) is 4.74 Å². The molecule has 4 nitrogen and oxygen atoms in total. The third-order valence-corrected chi connectivity index (χ3v) is 9.62. The maximum absolute atomic E-state index is 13.0. The van der Waals surface area contributed by atoms with Crippen molar-refractivity contribution in [1.29, 1.82) is 0 Å². The molecule has 0 radical (unpaired) electrons. The molecule has 5 aliphatic rings. The third-order valence-electron chi connectivity index (χ3n) is 9.62. The highest BCUT2D eigenvalue weighted by molar-refractivity contribution is 5.82. The fourth-order valence-corrected chi connectivity index (χ4v) is 9.19. The first-order valence-corrected chi connectivity index (χ1v) is 10.3. The van der Waals surface area contributed by atoms with Gasteiger partial charge in [-0.2, -0.15) is 0 Å². The van der Waals surface area contributed by atoms with Crippen LogP contribution in [0.25, 0.3) is 0 Å². The zero-order valence-electron chi connectivity index (χ0n) is 16.0. The highest BCUT2D eigenvalue weighted by atomic mass is 16.5. The number of para-hydroxylation sites is 1. The molecule has 1 N–H and O–H groups in total. The molecule has 3 spiro atoms. The van der Waals surface area contributed by atoms with Gasteiger partial charge in [-0.1, -0.05) is 25.1 Å². The minimum atomic E-state index is -0.172. The largest absolute Gasteiger partial charge is 0.469 e. The number of carbonyl (C=O) groups excluding carboxylic acids is 1. The second-order valence-electron chi connectivity index (χ2n) is 9.93. The van der Waals surface area contributed by atoms with Crippen molar-refractivity contribution < 1.29 is 14.0 Å². The number of anilines is 1. The number of fused-ring (bicyclic) bond motifs is 1. The molecule has 138 valence electrons. The van der Waals surface area contributed by atoms with Crippen LogP contribution in [0.1, 0.15) is 38.2 Å². The normalized spacial score (nSPS) is 52.2. The van der Waals surface area contributed by atoms with E-state index in [1.54, 1.807) is 7.11 Å². The molecule has 1 aromatic rings. The summed E-state index contributed by atoms with van der Waals surface area (Å²) >= 11 is 0. The van der Waals surface area contributed by atoms with Gasteiger partial charge in [0.05, 0.1) is 44.1 Å². The smallest absolute Gasteiger partial charge is 0.311 e. The van der Waals surface area contributed by atoms with Crippen molar-refractivity contribution >= 4 is 11.7 Å². The molecule has 0 amide bonds. The first kappa shape index (κ1) is 15.5. The molecule has 7 atom stereocenters. The van der Waals surface area contributed by atoms with E-state index < -0.39 is 0 Å². The number of quaternary nitrogens is 1. The van der Waals surface area contributed by atoms with E-state index >= 15 is 0 Å². The molecule has 2 bridgehead atoms. The zero-order chi connectivity index (χ0) is 17.9. The Morgan fingerprint density at radius 3 is 2.88 bits per heavy atom. The quantitative estimate of drug-likeness (QED) is 0.623. The Kier molecular flexibility index (Phi) is 2.56. The maximum Gasteiger partial charge on any atom is 0.311 e. The number of rotatable bonds is 1. The van der Waals surface area contributed by atoms with Gasteiger partial charge in [-0.25, -0.2) is 0 Å². The summed E-state index contributed by atoms with van der Waals surface area (Å²) in [5, 5.41) is 3.99. The van der Waals surface area contributed by atoms with Crippen molar-refractivity contribution in [2.45, 2.75) is 49.6 Å². The van der Waals surface area contributed by atoms with Gasteiger partial charge in [0.2, 0.25) is 0 Å². The molecule has 4 fully saturated rings. The molecule has 2 saturated carbocycles. The molecule has 26 heavy (non-hydrogen) atoms. The highest BCUT2D eigenvalue weighted by Crippen LogP contribution is 2.80. The first-order valence-electron chi connectivity index (χ1n) is 10.3. The lowest BCUT2D eigenvalue weighted by Gasteiger charge is -2.54. The number of likely N-dealkylation sites (N-methyl/N-ethyl adjacent to an activating group) is 1. The van der Waals surface area contributed by atoms with Crippen molar-refractivity contribution in [3.63, 3.8) is 0 Å². The number of hydrogen-bond donors (Lipinski definition) is 1. The van der Waals surface area contributed by atoms with Gasteiger partial charge in [0.1, 0.15) is 6.04 Å². The summed E-state index contributed by atoms with van der Waals surface area (Å²) in [6.07, 6.45) is 4.76. The van der Waals surface area contributed by atoms with Crippen LogP contribution in [0, 0.1) is 17.3 Å². The van der Waals surface area contributed by atoms with Crippen LogP contribution in [-0.2, 0) is 14.9 Å². The Balaban J connectivity index is 1.69. The van der Waals surface area contributed by atoms with Crippen LogP contribution in [0.15, 0.2) is 24.3 Å². The fraction of sp³-hybridized carbons (Fsp3) is 0.682. The zero-order valence-corrected chi connectivity index (χ0v) is 16.0. The van der Waals surface area contributed by atoms with Crippen LogP contribution in [-0.4, -0.2) is 49.3 Å². The lowest BCUT2D eigenvalue weighted by molar-refractivity contribution is -0.936. The van der Waals surface area contributed by atoms with Gasteiger partial charge >= 0.3 is 5.97 Å². The number of nitrogens with zero attached hydrogens (tertiary/aromatic N) is 1. The number of methoxy groups -OCH3 is 1. The summed E-state index contributed by atoms with van der Waals surface area (Å²) in [7, 11) is 4.06. The average Bonchev–Trinajstić information content (AvgIpc) is 3.27. The van der Waals surface area contributed by atoms with E-state index in [0.29, 0.717) is 12.0 Å². The van der Waals surface area contributed by atoms with Crippen molar-refractivity contribution in [1.82, 2.24) is 0 Å². The van der Waals surface area contributed by atoms with Gasteiger partial charge in [-0.05, 0) is 36.8 Å². The van der Waals surface area contributed by atoms with Gasteiger partial charge < -0.3 is 14.5 Å². The van der Waals surface area contributed by atoms with Crippen molar-refractivity contribution in [2.24, 2.45) is 17.3 Å². The predicted octanol–water partition coefficient (Wildman–Crippen LogP) is 2.93. The average molecular weight is 353 g/mol. The SMILES string of the molecule is COC(=O)[C@@H]1C[C@]23CCC[N@+]4(C)CC[C@]5(c6ccccc6N[C@@]15[C@@H]2C)[C@H]34. The van der Waals surface area contributed by atoms with Crippen LogP contribution in [0.4, 0.5) is 5.69 Å². The topological polar surface area (TPSA) is 38.3 Å². The lowest BCUT2D eigenvalue weighted by Crippen LogP contribution is -2.67. The summed E-state index contributed by atoms with van der Waals surface area (Å²) in [6.45, 7) is 4.98. The Bertz CT molecular complexity index is 839. The third kappa shape index (κ3) is 1.24. The summed E-state index contributed by atoms with van der Waals surface area (Å²) in [5.74, 6) is 0.462. The van der Waals surface area contributed by atoms with Gasteiger partial charge in [0.25, 0.3) is 0 Å². The summed E-state index contributed by atoms with van der Waals surface area (Å²) in [5.41, 5.74) is 2.92. The number of ether oxygens (including phenoxy) is 1. The second kappa shape index (κ2) is 4.30. The monoisotopic (exact) mass is 353 g/mol. The van der Waals surface area contributed by atoms with Crippen LogP contribution in [0.3, 0.4) is 0 Å². The lowest BCUT2D eigenvalue weighted by atomic mass is 9.56. The Morgan fingerprint density at radius 2 is 2.08 bits per heavy atom. The Morgan fingerprint density at radius 1 is 1.27 bits per heavy atom. The van der Waals surface area contributed by atoms with Crippen LogP contribution in [0.5, 0.6) is 0 Å². The van der Waals surface area contributed by atoms with E-state index in [2.05, 4.69) is 43.6 Å². The Labute approximate surface area is 155 Å². The molecular weight excluding hydrogens is 324 g/mol. The number of piperidine rings is 1. The molecule has 6 rings (SSSR count). The first-order chi connectivity index (χ1) is 12.5. The van der Waals surface area contributed by atoms with Crippen molar-refractivity contribution in [3.8, 4) is 0 Å². The predicted molar refractivity (Wildman–Crippen MR) is 99.8 cm³/mol. The maximum atomic E-state index is 13.0. The molecule has 2 aliphatic carbocycles. The molecule has 1 aromatic carbocycles. The van der Waals surface area contributed by atoms with Crippen molar-refractivity contribution in [2.75, 3.05) is 32.6 Å². The number of nitrogens with one attached hydrogen (secondary N) is 1. The van der Waals surface area contributed by atoms with E-state index in [9.17, 15) is 4.79 Å². The summed E-state index contributed by atoms with van der Waals surface area (Å²) < 4.78 is 6.56. The van der Waals surface area contributed by atoms with Crippen LogP contribution >= 0.6 is 0 Å². The van der Waals surface area contributed by atoms with Gasteiger partial charge in [-0.3, -0.25) is 4.79 Å². The van der Waals surface area contributed by atoms with E-state index in [0.717, 1.165) is 6.42 Å². The molecule has 0 aromatic heterocycles. The van der Waals surface area contributed by atoms with Gasteiger partial charge in [0.15, 0.2) is 0 Å². The molecule has 3 aliphatic heterocycles. The number of carbonyl (C=O) groups is 1. The second-order valence-corrected chi connectivity index (χ2v) is 9.93. The summed E-state index contributed by atoms with van der Waals surface area (Å²) in [4.78, 5) is 13.0. The minimum absolute atomic E-state index is 0.00136. The van der Waals surface area contributed by atoms with E-state index in [1.165, 1.54) is 48.1 Å². The molecule has 3 heterocycles. The molecular formula is C22H29N2O2+. The molecule has 0 unspecified atom stereocenters. The van der Waals surface area contributed by atoms with Crippen molar-refractivity contribution in [3.05, 3.63) is 29.8 Å².